The van der Waals surface area contributed by atoms with Crippen LogP contribution >= 0.6 is 0 Å². The van der Waals surface area contributed by atoms with Crippen molar-refractivity contribution in [1.82, 2.24) is 5.32 Å². The van der Waals surface area contributed by atoms with Gasteiger partial charge in [0.1, 0.15) is 5.60 Å². The summed E-state index contributed by atoms with van der Waals surface area (Å²) in [5.74, 6) is 0. The summed E-state index contributed by atoms with van der Waals surface area (Å²) in [5.41, 5.74) is 2.42. The summed E-state index contributed by atoms with van der Waals surface area (Å²) < 4.78 is 11.3. The largest absolute Gasteiger partial charge is 0.444 e. The fourth-order valence-electron chi connectivity index (χ4n) is 6.13. The van der Waals surface area contributed by atoms with Crippen molar-refractivity contribution in [3.63, 3.8) is 0 Å². The monoisotopic (exact) mass is 465 g/mol. The summed E-state index contributed by atoms with van der Waals surface area (Å²) in [6, 6.07) is 14.2. The fraction of sp³-hybridized carbons (Fsp3) is 0.607. The molecule has 1 saturated heterocycles. The number of anilines is 2. The van der Waals surface area contributed by atoms with Crippen LogP contribution in [0.3, 0.4) is 0 Å². The summed E-state index contributed by atoms with van der Waals surface area (Å²) in [4.78, 5) is 14.4. The molecule has 2 aromatic carbocycles. The summed E-state index contributed by atoms with van der Waals surface area (Å²) in [5, 5.41) is 9.29. The van der Waals surface area contributed by atoms with Gasteiger partial charge in [-0.05, 0) is 101 Å². The third kappa shape index (κ3) is 5.12. The van der Waals surface area contributed by atoms with Crippen LogP contribution in [0.5, 0.6) is 0 Å². The van der Waals surface area contributed by atoms with Crippen LogP contribution in [0.2, 0.25) is 0 Å². The van der Waals surface area contributed by atoms with E-state index in [4.69, 9.17) is 9.47 Å². The minimum Gasteiger partial charge on any atom is -0.444 e. The number of rotatable bonds is 4. The number of fused-ring (bicyclic) bond motifs is 1. The van der Waals surface area contributed by atoms with Crippen molar-refractivity contribution in [3.05, 3.63) is 36.4 Å². The Morgan fingerprint density at radius 1 is 0.971 bits per heavy atom. The highest BCUT2D eigenvalue weighted by Crippen LogP contribution is 2.56. The topological polar surface area (TPSA) is 62.8 Å². The van der Waals surface area contributed by atoms with Crippen LogP contribution in [0.4, 0.5) is 16.2 Å². The maximum atomic E-state index is 12.0. The Morgan fingerprint density at radius 3 is 2.26 bits per heavy atom. The molecule has 2 atom stereocenters. The number of carbonyl (C=O) groups excluding carboxylic acids is 1. The second-order valence-electron chi connectivity index (χ2n) is 11.9. The lowest BCUT2D eigenvalue weighted by atomic mass is 9.52. The molecule has 1 amide bonds. The molecule has 6 heteroatoms. The highest BCUT2D eigenvalue weighted by molar-refractivity contribution is 5.88. The molecule has 2 N–H and O–H groups in total. The fourth-order valence-corrected chi connectivity index (χ4v) is 6.13. The van der Waals surface area contributed by atoms with Crippen LogP contribution in [-0.4, -0.2) is 49.1 Å². The lowest BCUT2D eigenvalue weighted by molar-refractivity contribution is -0.0178. The second-order valence-corrected chi connectivity index (χ2v) is 11.9. The molecule has 0 radical (unpaired) electrons. The van der Waals surface area contributed by atoms with Gasteiger partial charge in [-0.3, -0.25) is 0 Å². The third-order valence-corrected chi connectivity index (χ3v) is 7.42. The molecular weight excluding hydrogens is 426 g/mol. The van der Waals surface area contributed by atoms with Gasteiger partial charge in [0, 0.05) is 36.5 Å². The maximum Gasteiger partial charge on any atom is 0.407 e. The van der Waals surface area contributed by atoms with Gasteiger partial charge in [-0.2, -0.15) is 0 Å². The minimum absolute atomic E-state index is 0.253. The summed E-state index contributed by atoms with van der Waals surface area (Å²) >= 11 is 0. The quantitative estimate of drug-likeness (QED) is 0.606. The molecule has 3 aliphatic rings. The van der Waals surface area contributed by atoms with Crippen LogP contribution in [0.25, 0.3) is 10.8 Å². The zero-order valence-electron chi connectivity index (χ0n) is 21.2. The van der Waals surface area contributed by atoms with E-state index < -0.39 is 5.60 Å². The van der Waals surface area contributed by atoms with Crippen LogP contribution in [0.15, 0.2) is 36.4 Å². The van der Waals surface area contributed by atoms with E-state index in [1.807, 2.05) is 20.8 Å². The molecule has 6 nitrogen and oxygen atoms in total. The van der Waals surface area contributed by atoms with Crippen molar-refractivity contribution >= 4 is 28.2 Å². The van der Waals surface area contributed by atoms with Gasteiger partial charge >= 0.3 is 6.09 Å². The Balaban J connectivity index is 1.12. The highest BCUT2D eigenvalue weighted by Gasteiger charge is 2.53. The maximum absolute atomic E-state index is 12.0. The molecule has 5 rings (SSSR count). The molecular formula is C28H39N3O3. The SMILES string of the molecule is CC1CN(c2ccc3cc(NC4CC5(CC(NC(=O)OC(C)(C)C)C5)C4)ccc3c2)CC(C)O1. The number of alkyl carbamates (subject to hydrolysis) is 1. The molecule has 184 valence electrons. The van der Waals surface area contributed by atoms with Gasteiger partial charge in [0.05, 0.1) is 12.2 Å². The number of morpholine rings is 1. The molecule has 1 heterocycles. The molecule has 34 heavy (non-hydrogen) atoms. The van der Waals surface area contributed by atoms with Crippen LogP contribution in [-0.2, 0) is 9.47 Å². The highest BCUT2D eigenvalue weighted by atomic mass is 16.6. The number of nitrogens with zero attached hydrogens (tertiary/aromatic N) is 1. The Morgan fingerprint density at radius 2 is 1.59 bits per heavy atom. The zero-order valence-corrected chi connectivity index (χ0v) is 21.2. The van der Waals surface area contributed by atoms with E-state index in [9.17, 15) is 4.79 Å². The number of ether oxygens (including phenoxy) is 2. The molecule has 1 spiro atoms. The first-order chi connectivity index (χ1) is 16.1. The lowest BCUT2D eigenvalue weighted by Crippen LogP contribution is -2.59. The second kappa shape index (κ2) is 8.63. The van der Waals surface area contributed by atoms with E-state index in [1.165, 1.54) is 35.0 Å². The van der Waals surface area contributed by atoms with Gasteiger partial charge < -0.3 is 25.0 Å². The van der Waals surface area contributed by atoms with Crippen molar-refractivity contribution in [2.24, 2.45) is 5.41 Å². The van der Waals surface area contributed by atoms with Crippen molar-refractivity contribution in [3.8, 4) is 0 Å². The normalized spacial score (nSPS) is 31.0. The number of nitrogens with one attached hydrogen (secondary N) is 2. The predicted octanol–water partition coefficient (Wildman–Crippen LogP) is 5.70. The third-order valence-electron chi connectivity index (χ3n) is 7.42. The molecule has 0 aromatic heterocycles. The summed E-state index contributed by atoms with van der Waals surface area (Å²) in [6.45, 7) is 11.9. The number of amides is 1. The molecule has 2 aromatic rings. The van der Waals surface area contributed by atoms with E-state index in [-0.39, 0.29) is 24.3 Å². The molecule has 0 bridgehead atoms. The van der Waals surface area contributed by atoms with E-state index in [0.717, 1.165) is 25.9 Å². The lowest BCUT2D eigenvalue weighted by Gasteiger charge is -2.58. The van der Waals surface area contributed by atoms with E-state index in [0.29, 0.717) is 11.5 Å². The number of hydrogen-bond donors (Lipinski definition) is 2. The van der Waals surface area contributed by atoms with Crippen molar-refractivity contribution in [1.29, 1.82) is 0 Å². The standard InChI is InChI=1S/C28H39N3O3/c1-18-16-31(17-19(2)33-18)25-9-7-20-10-22(8-6-21(20)11-25)29-23-12-28(13-23)14-24(15-28)30-26(32)34-27(3,4)5/h6-11,18-19,23-24,29H,12-17H2,1-5H3,(H,30,32). The first-order valence-corrected chi connectivity index (χ1v) is 12.8. The Hall–Kier alpha value is -2.47. The number of hydrogen-bond acceptors (Lipinski definition) is 5. The Bertz CT molecular complexity index is 1040. The summed E-state index contributed by atoms with van der Waals surface area (Å²) in [6.07, 6.45) is 4.69. The average Bonchev–Trinajstić information content (AvgIpc) is 2.68. The van der Waals surface area contributed by atoms with Crippen LogP contribution in [0.1, 0.15) is 60.3 Å². The van der Waals surface area contributed by atoms with Crippen LogP contribution in [0, 0.1) is 5.41 Å². The smallest absolute Gasteiger partial charge is 0.407 e. The van der Waals surface area contributed by atoms with Gasteiger partial charge in [0.15, 0.2) is 0 Å². The van der Waals surface area contributed by atoms with Gasteiger partial charge in [-0.15, -0.1) is 0 Å². The first kappa shape index (κ1) is 23.3. The number of benzene rings is 2. The Kier molecular flexibility index (Phi) is 5.91. The van der Waals surface area contributed by atoms with E-state index in [2.05, 4.69) is 65.8 Å². The van der Waals surface area contributed by atoms with Gasteiger partial charge in [-0.25, -0.2) is 4.79 Å². The molecule has 1 aliphatic heterocycles. The van der Waals surface area contributed by atoms with Gasteiger partial charge in [0.2, 0.25) is 0 Å². The van der Waals surface area contributed by atoms with Crippen LogP contribution < -0.4 is 15.5 Å². The Labute approximate surface area is 203 Å². The summed E-state index contributed by atoms with van der Waals surface area (Å²) in [7, 11) is 0. The van der Waals surface area contributed by atoms with Crippen molar-refractivity contribution in [2.45, 2.75) is 90.2 Å². The zero-order chi connectivity index (χ0) is 24.1. The molecule has 2 aliphatic carbocycles. The molecule has 2 unspecified atom stereocenters. The first-order valence-electron chi connectivity index (χ1n) is 12.8. The molecule has 2 saturated carbocycles. The average molecular weight is 466 g/mol. The molecule has 3 fully saturated rings. The van der Waals surface area contributed by atoms with Crippen molar-refractivity contribution < 1.29 is 14.3 Å². The minimum atomic E-state index is -0.446. The number of carbonyl (C=O) groups is 1. The van der Waals surface area contributed by atoms with E-state index >= 15 is 0 Å². The van der Waals surface area contributed by atoms with Gasteiger partial charge in [-0.1, -0.05) is 12.1 Å². The predicted molar refractivity (Wildman–Crippen MR) is 138 cm³/mol. The van der Waals surface area contributed by atoms with Crippen molar-refractivity contribution in [2.75, 3.05) is 23.3 Å². The van der Waals surface area contributed by atoms with Gasteiger partial charge in [0.25, 0.3) is 0 Å². The van der Waals surface area contributed by atoms with E-state index in [1.54, 1.807) is 0 Å².